The van der Waals surface area contributed by atoms with Crippen LogP contribution in [0.4, 0.5) is 0 Å². The van der Waals surface area contributed by atoms with Crippen LogP contribution in [0.2, 0.25) is 0 Å². The van der Waals surface area contributed by atoms with Gasteiger partial charge in [-0.25, -0.2) is 4.79 Å². The fourth-order valence-corrected chi connectivity index (χ4v) is 7.73. The summed E-state index contributed by atoms with van der Waals surface area (Å²) in [6.45, 7) is 13.0. The molecule has 8 atom stereocenters. The number of benzene rings is 1. The summed E-state index contributed by atoms with van der Waals surface area (Å²) in [5.41, 5.74) is 5.05. The SMILES string of the molecule is CC[C@H](C)[C@@H]([C@@H](CC(=O)N1CCC[C@H]1[C@H](OC)[C@@H](C)C(=O)NC(C(=O)O)C1(c2ccccc2)CC1)OC)N(C)C(=O)[C@@H](NC(=O)C(C)(C)N)C(C)C. The average molecular weight is 730 g/mol. The number of nitrogens with two attached hydrogens (primary N) is 1. The van der Waals surface area contributed by atoms with Gasteiger partial charge in [0.15, 0.2) is 0 Å². The molecule has 1 aliphatic heterocycles. The van der Waals surface area contributed by atoms with Gasteiger partial charge < -0.3 is 40.7 Å². The van der Waals surface area contributed by atoms with Crippen molar-refractivity contribution in [2.75, 3.05) is 27.8 Å². The van der Waals surface area contributed by atoms with E-state index in [2.05, 4.69) is 10.6 Å². The van der Waals surface area contributed by atoms with Crippen LogP contribution in [-0.2, 0) is 38.9 Å². The lowest BCUT2D eigenvalue weighted by molar-refractivity contribution is -0.148. The Hall–Kier alpha value is -3.55. The van der Waals surface area contributed by atoms with E-state index < -0.39 is 71.0 Å². The van der Waals surface area contributed by atoms with Gasteiger partial charge in [-0.3, -0.25) is 19.2 Å². The number of amides is 4. The molecule has 52 heavy (non-hydrogen) atoms. The van der Waals surface area contributed by atoms with E-state index >= 15 is 0 Å². The molecule has 5 N–H and O–H groups in total. The third-order valence-electron chi connectivity index (χ3n) is 11.3. The van der Waals surface area contributed by atoms with Gasteiger partial charge in [-0.1, -0.05) is 71.4 Å². The summed E-state index contributed by atoms with van der Waals surface area (Å²) in [6.07, 6.45) is 1.94. The van der Waals surface area contributed by atoms with Gasteiger partial charge in [0.05, 0.1) is 42.2 Å². The number of methoxy groups -OCH3 is 2. The zero-order valence-electron chi connectivity index (χ0n) is 32.8. The number of carboxylic acid groups (broad SMARTS) is 1. The first-order chi connectivity index (χ1) is 24.4. The highest BCUT2D eigenvalue weighted by Gasteiger charge is 2.55. The summed E-state index contributed by atoms with van der Waals surface area (Å²) in [5, 5.41) is 15.9. The number of nitrogens with zero attached hydrogens (tertiary/aromatic N) is 2. The Morgan fingerprint density at radius 3 is 2.13 bits per heavy atom. The van der Waals surface area contributed by atoms with Crippen molar-refractivity contribution >= 4 is 29.6 Å². The molecule has 1 aromatic rings. The van der Waals surface area contributed by atoms with E-state index in [1.54, 1.807) is 37.6 Å². The normalized spacial score (nSPS) is 20.9. The van der Waals surface area contributed by atoms with Crippen LogP contribution in [0.1, 0.15) is 92.6 Å². The van der Waals surface area contributed by atoms with Gasteiger partial charge in [0.25, 0.3) is 0 Å². The monoisotopic (exact) mass is 729 g/mol. The second kappa shape index (κ2) is 18.0. The molecule has 1 saturated heterocycles. The molecule has 1 saturated carbocycles. The maximum Gasteiger partial charge on any atom is 0.327 e. The maximum atomic E-state index is 14.1. The highest BCUT2D eigenvalue weighted by molar-refractivity contribution is 5.92. The van der Waals surface area contributed by atoms with Crippen molar-refractivity contribution in [1.29, 1.82) is 0 Å². The minimum Gasteiger partial charge on any atom is -0.480 e. The summed E-state index contributed by atoms with van der Waals surface area (Å²) in [5.74, 6) is -3.51. The molecule has 2 fully saturated rings. The third kappa shape index (κ3) is 9.70. The average Bonchev–Trinajstić information content (AvgIpc) is 3.76. The number of hydrogen-bond donors (Lipinski definition) is 4. The van der Waals surface area contributed by atoms with Crippen molar-refractivity contribution in [3.05, 3.63) is 35.9 Å². The van der Waals surface area contributed by atoms with Crippen LogP contribution in [0.15, 0.2) is 30.3 Å². The van der Waals surface area contributed by atoms with Crippen molar-refractivity contribution in [3.63, 3.8) is 0 Å². The topological polar surface area (TPSA) is 181 Å². The molecular formula is C39H63N5O8. The van der Waals surface area contributed by atoms with Crippen LogP contribution in [-0.4, -0.2) is 114 Å². The Labute approximate surface area is 309 Å². The number of rotatable bonds is 19. The lowest BCUT2D eigenvalue weighted by Crippen LogP contribution is -2.60. The van der Waals surface area contributed by atoms with E-state index in [4.69, 9.17) is 15.2 Å². The van der Waals surface area contributed by atoms with Gasteiger partial charge in [0.1, 0.15) is 12.1 Å². The highest BCUT2D eigenvalue weighted by atomic mass is 16.5. The molecule has 0 radical (unpaired) electrons. The predicted octanol–water partition coefficient (Wildman–Crippen LogP) is 3.09. The second-order valence-electron chi connectivity index (χ2n) is 15.8. The van der Waals surface area contributed by atoms with Gasteiger partial charge in [-0.2, -0.15) is 0 Å². The van der Waals surface area contributed by atoms with E-state index in [1.807, 2.05) is 58.0 Å². The Balaban J connectivity index is 1.79. The molecule has 2 aliphatic rings. The first-order valence-corrected chi connectivity index (χ1v) is 18.7. The molecule has 292 valence electrons. The second-order valence-corrected chi connectivity index (χ2v) is 15.8. The summed E-state index contributed by atoms with van der Waals surface area (Å²) in [7, 11) is 4.71. The smallest absolute Gasteiger partial charge is 0.327 e. The highest BCUT2D eigenvalue weighted by Crippen LogP contribution is 2.51. The molecule has 0 aromatic heterocycles. The van der Waals surface area contributed by atoms with Gasteiger partial charge in [0.2, 0.25) is 23.6 Å². The Kier molecular flexibility index (Phi) is 14.8. The molecule has 1 aliphatic carbocycles. The number of nitrogens with one attached hydrogen (secondary N) is 2. The van der Waals surface area contributed by atoms with Crippen molar-refractivity contribution in [2.45, 2.75) is 134 Å². The van der Waals surface area contributed by atoms with Crippen molar-refractivity contribution < 1.29 is 38.6 Å². The molecule has 0 spiro atoms. The minimum absolute atomic E-state index is 0.0220. The van der Waals surface area contributed by atoms with E-state index in [-0.39, 0.29) is 30.1 Å². The Bertz CT molecular complexity index is 1390. The number of carboxylic acids is 1. The standard InChI is InChI=1S/C39H63N5O8/c1-11-24(4)31(43(8)35(47)30(23(2)3)41-37(50)38(6,7)40)28(51-9)22-29(45)44-21-15-18-27(44)32(52-10)25(5)34(46)42-33(36(48)49)39(19-20-39)26-16-13-12-14-17-26/h12-14,16-17,23-25,27-28,30-33H,11,15,18-22,40H2,1-10H3,(H,41,50)(H,42,46)(H,48,49)/t24-,25+,27-,28+,30-,31-,32+,33?/m0/s1. The molecular weight excluding hydrogens is 666 g/mol. The lowest BCUT2D eigenvalue weighted by Gasteiger charge is -2.41. The molecule has 1 unspecified atom stereocenters. The van der Waals surface area contributed by atoms with Crippen molar-refractivity contribution in [3.8, 4) is 0 Å². The molecule has 1 aromatic carbocycles. The van der Waals surface area contributed by atoms with Crippen LogP contribution in [0, 0.1) is 17.8 Å². The molecule has 4 amide bonds. The van der Waals surface area contributed by atoms with Gasteiger partial charge in [-0.15, -0.1) is 0 Å². The number of likely N-dealkylation sites (tertiary alicyclic amines) is 1. The minimum atomic E-state index is -1.17. The largest absolute Gasteiger partial charge is 0.480 e. The Morgan fingerprint density at radius 2 is 1.65 bits per heavy atom. The van der Waals surface area contributed by atoms with E-state index in [0.29, 0.717) is 38.6 Å². The van der Waals surface area contributed by atoms with E-state index in [1.165, 1.54) is 14.2 Å². The summed E-state index contributed by atoms with van der Waals surface area (Å²) in [6, 6.07) is 6.55. The zero-order chi connectivity index (χ0) is 39.1. The summed E-state index contributed by atoms with van der Waals surface area (Å²) < 4.78 is 11.9. The maximum absolute atomic E-state index is 14.1. The molecule has 1 heterocycles. The van der Waals surface area contributed by atoms with E-state index in [9.17, 15) is 29.1 Å². The molecule has 0 bridgehead atoms. The zero-order valence-corrected chi connectivity index (χ0v) is 32.8. The first-order valence-electron chi connectivity index (χ1n) is 18.7. The Morgan fingerprint density at radius 1 is 1.04 bits per heavy atom. The van der Waals surface area contributed by atoms with Crippen LogP contribution in [0.5, 0.6) is 0 Å². The summed E-state index contributed by atoms with van der Waals surface area (Å²) >= 11 is 0. The lowest BCUT2D eigenvalue weighted by atomic mass is 9.87. The molecule has 13 heteroatoms. The number of aliphatic carboxylic acids is 1. The fraction of sp³-hybridized carbons (Fsp3) is 0.718. The quantitative estimate of drug-likeness (QED) is 0.167. The van der Waals surface area contributed by atoms with Crippen LogP contribution < -0.4 is 16.4 Å². The summed E-state index contributed by atoms with van der Waals surface area (Å²) in [4.78, 5) is 70.5. The van der Waals surface area contributed by atoms with Crippen LogP contribution in [0.3, 0.4) is 0 Å². The predicted molar refractivity (Wildman–Crippen MR) is 198 cm³/mol. The van der Waals surface area contributed by atoms with E-state index in [0.717, 1.165) is 5.56 Å². The van der Waals surface area contributed by atoms with Crippen molar-refractivity contribution in [1.82, 2.24) is 20.4 Å². The van der Waals surface area contributed by atoms with Crippen molar-refractivity contribution in [2.24, 2.45) is 23.5 Å². The fourth-order valence-electron chi connectivity index (χ4n) is 7.73. The third-order valence-corrected chi connectivity index (χ3v) is 11.3. The number of hydrogen-bond acceptors (Lipinski definition) is 8. The number of likely N-dealkylation sites (N-methyl/N-ethyl adjacent to an activating group) is 1. The molecule has 3 rings (SSSR count). The first kappa shape index (κ1) is 42.9. The van der Waals surface area contributed by atoms with Crippen LogP contribution >= 0.6 is 0 Å². The van der Waals surface area contributed by atoms with Gasteiger partial charge in [-0.05, 0) is 56.9 Å². The number of carbonyl (C=O) groups is 5. The number of ether oxygens (including phenoxy) is 2. The number of carbonyl (C=O) groups excluding carboxylic acids is 4. The van der Waals surface area contributed by atoms with Gasteiger partial charge >= 0.3 is 5.97 Å². The van der Waals surface area contributed by atoms with Crippen LogP contribution in [0.25, 0.3) is 0 Å². The van der Waals surface area contributed by atoms with Gasteiger partial charge in [0, 0.05) is 33.2 Å². The molecule has 13 nitrogen and oxygen atoms in total.